The van der Waals surface area contributed by atoms with Crippen LogP contribution >= 0.6 is 0 Å². The van der Waals surface area contributed by atoms with Crippen LogP contribution in [0.4, 0.5) is 5.69 Å². The van der Waals surface area contributed by atoms with Crippen molar-refractivity contribution in [2.75, 3.05) is 11.8 Å². The molecule has 4 rings (SSSR count). The first-order valence-corrected chi connectivity index (χ1v) is 10.3. The molecular weight excluding hydrogens is 392 g/mol. The molecule has 0 saturated carbocycles. The van der Waals surface area contributed by atoms with Gasteiger partial charge in [-0.05, 0) is 30.7 Å². The number of aromatic nitrogens is 5. The van der Waals surface area contributed by atoms with Gasteiger partial charge in [0.15, 0.2) is 5.82 Å². The third kappa shape index (κ3) is 3.59. The van der Waals surface area contributed by atoms with Gasteiger partial charge in [0.05, 0.1) is 35.9 Å². The van der Waals surface area contributed by atoms with Crippen LogP contribution in [0, 0.1) is 0 Å². The maximum atomic E-state index is 12.9. The van der Waals surface area contributed by atoms with E-state index in [4.69, 9.17) is 4.74 Å². The fourth-order valence-corrected chi connectivity index (χ4v) is 4.03. The van der Waals surface area contributed by atoms with Gasteiger partial charge in [0.2, 0.25) is 0 Å². The number of sulfonamides is 1. The largest absolute Gasteiger partial charge is 0.377 e. The highest BCUT2D eigenvalue weighted by molar-refractivity contribution is 7.92. The number of anilines is 1. The predicted molar refractivity (Wildman–Crippen MR) is 108 cm³/mol. The Hall–Kier alpha value is -3.24. The van der Waals surface area contributed by atoms with Gasteiger partial charge in [-0.3, -0.25) is 9.40 Å². The number of nitrogens with one attached hydrogen (secondary N) is 1. The Labute approximate surface area is 168 Å². The molecule has 0 radical (unpaired) electrons. The topological polar surface area (TPSA) is 104 Å². The van der Waals surface area contributed by atoms with Gasteiger partial charge in [-0.25, -0.2) is 18.1 Å². The summed E-state index contributed by atoms with van der Waals surface area (Å²) in [6.45, 7) is 1.92. The lowest BCUT2D eigenvalue weighted by molar-refractivity contribution is 0.119. The maximum absolute atomic E-state index is 12.9. The van der Waals surface area contributed by atoms with Gasteiger partial charge in [-0.2, -0.15) is 10.2 Å². The molecule has 0 aliphatic rings. The number of para-hydroxylation sites is 1. The molecule has 0 aliphatic heterocycles. The Morgan fingerprint density at radius 1 is 1.17 bits per heavy atom. The van der Waals surface area contributed by atoms with Crippen LogP contribution in [0.15, 0.2) is 60.0 Å². The summed E-state index contributed by atoms with van der Waals surface area (Å²) < 4.78 is 36.8. The molecule has 9 nitrogen and oxygen atoms in total. The molecule has 0 amide bonds. The first kappa shape index (κ1) is 19.1. The number of aryl methyl sites for hydroxylation is 1. The second kappa shape index (κ2) is 7.30. The van der Waals surface area contributed by atoms with Gasteiger partial charge < -0.3 is 4.74 Å². The van der Waals surface area contributed by atoms with E-state index >= 15 is 0 Å². The molecule has 1 atom stereocenters. The number of rotatable bonds is 6. The SMILES string of the molecule is COC(C)c1ccnc(-n2cc(S(=O)(=O)Nc3cccc4cnn(C)c34)cn2)c1. The molecule has 10 heteroatoms. The summed E-state index contributed by atoms with van der Waals surface area (Å²) in [7, 11) is -0.460. The fourth-order valence-electron chi connectivity index (χ4n) is 3.04. The van der Waals surface area contributed by atoms with Crippen molar-refractivity contribution in [2.24, 2.45) is 7.05 Å². The summed E-state index contributed by atoms with van der Waals surface area (Å²) in [4.78, 5) is 4.30. The summed E-state index contributed by atoms with van der Waals surface area (Å²) in [6, 6.07) is 8.99. The van der Waals surface area contributed by atoms with E-state index in [0.717, 1.165) is 10.9 Å². The Balaban J connectivity index is 1.66. The van der Waals surface area contributed by atoms with E-state index in [1.165, 1.54) is 17.1 Å². The van der Waals surface area contributed by atoms with Crippen molar-refractivity contribution in [2.45, 2.75) is 17.9 Å². The second-order valence-corrected chi connectivity index (χ2v) is 8.25. The summed E-state index contributed by atoms with van der Waals surface area (Å²) in [5.41, 5.74) is 2.06. The average molecular weight is 412 g/mol. The van der Waals surface area contributed by atoms with Crippen molar-refractivity contribution in [1.82, 2.24) is 24.5 Å². The lowest BCUT2D eigenvalue weighted by atomic mass is 10.2. The van der Waals surface area contributed by atoms with Crippen LogP contribution in [-0.2, 0) is 21.8 Å². The van der Waals surface area contributed by atoms with Crippen molar-refractivity contribution in [3.63, 3.8) is 0 Å². The van der Waals surface area contributed by atoms with E-state index in [0.29, 0.717) is 17.0 Å². The highest BCUT2D eigenvalue weighted by Gasteiger charge is 2.20. The minimum Gasteiger partial charge on any atom is -0.377 e. The molecule has 1 N–H and O–H groups in total. The van der Waals surface area contributed by atoms with Crippen LogP contribution < -0.4 is 4.72 Å². The number of ether oxygens (including phenoxy) is 1. The van der Waals surface area contributed by atoms with Crippen molar-refractivity contribution >= 4 is 26.6 Å². The molecule has 29 heavy (non-hydrogen) atoms. The van der Waals surface area contributed by atoms with Crippen LogP contribution in [0.3, 0.4) is 0 Å². The summed E-state index contributed by atoms with van der Waals surface area (Å²) in [6.07, 6.45) is 5.92. The molecule has 4 aromatic rings. The molecule has 0 aliphatic carbocycles. The maximum Gasteiger partial charge on any atom is 0.265 e. The number of nitrogens with zero attached hydrogens (tertiary/aromatic N) is 5. The molecule has 1 unspecified atom stereocenters. The van der Waals surface area contributed by atoms with E-state index in [9.17, 15) is 8.42 Å². The minimum absolute atomic E-state index is 0.0312. The molecule has 150 valence electrons. The third-order valence-electron chi connectivity index (χ3n) is 4.70. The zero-order valence-electron chi connectivity index (χ0n) is 16.1. The predicted octanol–water partition coefficient (Wildman–Crippen LogP) is 2.66. The van der Waals surface area contributed by atoms with Gasteiger partial charge in [-0.15, -0.1) is 0 Å². The van der Waals surface area contributed by atoms with Gasteiger partial charge in [0.1, 0.15) is 4.90 Å². The van der Waals surface area contributed by atoms with Gasteiger partial charge in [0.25, 0.3) is 10.0 Å². The van der Waals surface area contributed by atoms with E-state index in [2.05, 4.69) is 19.9 Å². The number of methoxy groups -OCH3 is 1. The lowest BCUT2D eigenvalue weighted by Gasteiger charge is -2.10. The first-order valence-electron chi connectivity index (χ1n) is 8.86. The molecule has 0 fully saturated rings. The molecule has 3 heterocycles. The van der Waals surface area contributed by atoms with Crippen LogP contribution in [-0.4, -0.2) is 40.1 Å². The van der Waals surface area contributed by atoms with Crippen molar-refractivity contribution in [3.8, 4) is 5.82 Å². The molecule has 0 bridgehead atoms. The summed E-state index contributed by atoms with van der Waals surface area (Å²) in [5.74, 6) is 0.501. The highest BCUT2D eigenvalue weighted by Crippen LogP contribution is 2.25. The quantitative estimate of drug-likeness (QED) is 0.522. The van der Waals surface area contributed by atoms with Crippen LogP contribution in [0.1, 0.15) is 18.6 Å². The van der Waals surface area contributed by atoms with E-state index in [1.807, 2.05) is 19.1 Å². The zero-order valence-corrected chi connectivity index (χ0v) is 17.0. The number of pyridine rings is 1. The van der Waals surface area contributed by atoms with Crippen molar-refractivity contribution in [1.29, 1.82) is 0 Å². The molecular formula is C19H20N6O3S. The molecule has 3 aromatic heterocycles. The Kier molecular flexibility index (Phi) is 4.81. The summed E-state index contributed by atoms with van der Waals surface area (Å²) >= 11 is 0. The Morgan fingerprint density at radius 3 is 2.79 bits per heavy atom. The second-order valence-electron chi connectivity index (χ2n) is 6.56. The van der Waals surface area contributed by atoms with E-state index in [1.54, 1.807) is 49.4 Å². The molecule has 1 aromatic carbocycles. The van der Waals surface area contributed by atoms with Crippen LogP contribution in [0.5, 0.6) is 0 Å². The van der Waals surface area contributed by atoms with Crippen LogP contribution in [0.25, 0.3) is 16.7 Å². The molecule has 0 saturated heterocycles. The number of fused-ring (bicyclic) bond motifs is 1. The highest BCUT2D eigenvalue weighted by atomic mass is 32.2. The van der Waals surface area contributed by atoms with E-state index < -0.39 is 10.0 Å². The number of benzene rings is 1. The number of hydrogen-bond acceptors (Lipinski definition) is 6. The first-order chi connectivity index (χ1) is 13.9. The standard InChI is InChI=1S/C19H20N6O3S/c1-13(28-3)14-7-8-20-18(9-14)25-12-16(11-22-25)29(26,27)23-17-6-4-5-15-10-21-24(2)19(15)17/h4-13,23H,1-3H3. The van der Waals surface area contributed by atoms with Crippen LogP contribution in [0.2, 0.25) is 0 Å². The zero-order chi connectivity index (χ0) is 20.6. The van der Waals surface area contributed by atoms with Crippen molar-refractivity contribution < 1.29 is 13.2 Å². The smallest absolute Gasteiger partial charge is 0.265 e. The monoisotopic (exact) mass is 412 g/mol. The van der Waals surface area contributed by atoms with E-state index in [-0.39, 0.29) is 11.0 Å². The Bertz CT molecular complexity index is 1280. The fraction of sp³-hybridized carbons (Fsp3) is 0.211. The third-order valence-corrected chi connectivity index (χ3v) is 6.02. The lowest BCUT2D eigenvalue weighted by Crippen LogP contribution is -2.13. The normalized spacial score (nSPS) is 12.9. The van der Waals surface area contributed by atoms with Gasteiger partial charge in [-0.1, -0.05) is 12.1 Å². The number of hydrogen-bond donors (Lipinski definition) is 1. The summed E-state index contributed by atoms with van der Waals surface area (Å²) in [5, 5.41) is 9.19. The van der Waals surface area contributed by atoms with Gasteiger partial charge in [0, 0.05) is 25.7 Å². The molecule has 0 spiro atoms. The minimum atomic E-state index is -3.84. The Morgan fingerprint density at radius 2 is 2.00 bits per heavy atom. The average Bonchev–Trinajstić information content (AvgIpc) is 3.36. The van der Waals surface area contributed by atoms with Crippen molar-refractivity contribution in [3.05, 3.63) is 60.7 Å². The van der Waals surface area contributed by atoms with Gasteiger partial charge >= 0.3 is 0 Å².